The molecule has 0 bridgehead atoms. The standard InChI is InChI=1S/Cl2O.Li.Na.2H/c1-3-2;;;;/q;2*+1;2*-1. The fraction of sp³-hybridized carbons (Fsp3) is 0. The number of hydrogen-bond acceptors (Lipinski definition) is 1. The van der Waals surface area contributed by atoms with Crippen molar-refractivity contribution in [2.24, 2.45) is 0 Å². The zero-order valence-electron chi connectivity index (χ0n) is 5.16. The minimum absolute atomic E-state index is 0. The number of halogens is 2. The second kappa shape index (κ2) is 16.5. The Bertz CT molecular complexity index is 15.7. The van der Waals surface area contributed by atoms with Crippen LogP contribution in [0.15, 0.2) is 0 Å². The summed E-state index contributed by atoms with van der Waals surface area (Å²) in [6.45, 7) is 0. The monoisotopic (exact) mass is 118 g/mol. The van der Waals surface area contributed by atoms with Crippen molar-refractivity contribution in [2.75, 3.05) is 0 Å². The topological polar surface area (TPSA) is 9.23 Å². The van der Waals surface area contributed by atoms with Gasteiger partial charge in [0.15, 0.2) is 0 Å². The molecular formula is H2Cl2LiNaO. The molecule has 1 nitrogen and oxygen atoms in total. The van der Waals surface area contributed by atoms with Crippen molar-refractivity contribution < 1.29 is 55.1 Å². The van der Waals surface area contributed by atoms with Crippen molar-refractivity contribution >= 4 is 23.7 Å². The Morgan fingerprint density at radius 3 is 1.40 bits per heavy atom. The van der Waals surface area contributed by atoms with E-state index in [1.54, 1.807) is 0 Å². The van der Waals surface area contributed by atoms with Gasteiger partial charge < -0.3 is 2.85 Å². The molecule has 0 saturated heterocycles. The Balaban J connectivity index is -0.00000000333. The van der Waals surface area contributed by atoms with Crippen LogP contribution in [0, 0.1) is 0 Å². The summed E-state index contributed by atoms with van der Waals surface area (Å²) in [7, 11) is 0. The summed E-state index contributed by atoms with van der Waals surface area (Å²) in [5.74, 6) is 0. The minimum Gasteiger partial charge on any atom is -1.00 e. The summed E-state index contributed by atoms with van der Waals surface area (Å²) in [5.41, 5.74) is 0. The van der Waals surface area contributed by atoms with Crippen molar-refractivity contribution in [3.05, 3.63) is 0 Å². The molecule has 5 heavy (non-hydrogen) atoms. The van der Waals surface area contributed by atoms with Crippen LogP contribution in [-0.4, -0.2) is 0 Å². The molecular weight excluding hydrogens is 117 g/mol. The molecule has 0 rings (SSSR count). The van der Waals surface area contributed by atoms with E-state index in [1.165, 1.54) is 0 Å². The third kappa shape index (κ3) is 23.0. The molecule has 0 atom stereocenters. The smallest absolute Gasteiger partial charge is 1.00 e. The fourth-order valence-electron chi connectivity index (χ4n) is 0. The average molecular weight is 119 g/mol. The minimum atomic E-state index is 0. The predicted molar refractivity (Wildman–Crippen MR) is 15.0 cm³/mol. The summed E-state index contributed by atoms with van der Waals surface area (Å²) in [6.07, 6.45) is 0. The molecule has 0 aliphatic carbocycles. The van der Waals surface area contributed by atoms with Crippen LogP contribution in [0.3, 0.4) is 0 Å². The van der Waals surface area contributed by atoms with Gasteiger partial charge in [0.25, 0.3) is 0 Å². The Kier molecular flexibility index (Phi) is 51.7. The first-order valence-electron chi connectivity index (χ1n) is 0.309. The predicted octanol–water partition coefficient (Wildman–Crippen LogP) is -4.46. The van der Waals surface area contributed by atoms with E-state index in [4.69, 9.17) is 0 Å². The first kappa shape index (κ1) is 15.7. The molecule has 0 N–H and O–H groups in total. The Morgan fingerprint density at radius 2 is 1.40 bits per heavy atom. The average Bonchev–Trinajstić information content (AvgIpc) is 0.918. The molecule has 0 aliphatic rings. The maximum Gasteiger partial charge on any atom is 1.00 e. The van der Waals surface area contributed by atoms with Crippen LogP contribution < -0.4 is 48.4 Å². The molecule has 0 aromatic rings. The Labute approximate surface area is 78.1 Å². The molecule has 0 unspecified atom stereocenters. The van der Waals surface area contributed by atoms with E-state index in [0.717, 1.165) is 0 Å². The van der Waals surface area contributed by atoms with Crippen LogP contribution in [0.4, 0.5) is 0 Å². The van der Waals surface area contributed by atoms with Gasteiger partial charge in [0.05, 0.1) is 23.7 Å². The molecule has 0 radical (unpaired) electrons. The number of rotatable bonds is 0. The van der Waals surface area contributed by atoms with E-state index in [0.29, 0.717) is 0 Å². The summed E-state index contributed by atoms with van der Waals surface area (Å²) < 4.78 is 3.19. The van der Waals surface area contributed by atoms with Gasteiger partial charge in [-0.2, -0.15) is 3.84 Å². The Morgan fingerprint density at radius 1 is 1.40 bits per heavy atom. The molecule has 0 heterocycles. The largest absolute Gasteiger partial charge is 1.00 e. The van der Waals surface area contributed by atoms with Gasteiger partial charge in [-0.3, -0.25) is 0 Å². The van der Waals surface area contributed by atoms with Crippen LogP contribution in [-0.2, 0) is 3.84 Å². The van der Waals surface area contributed by atoms with Crippen molar-refractivity contribution in [3.63, 3.8) is 0 Å². The van der Waals surface area contributed by atoms with E-state index in [-0.39, 0.29) is 51.3 Å². The molecule has 0 amide bonds. The van der Waals surface area contributed by atoms with E-state index in [2.05, 4.69) is 27.6 Å². The fourth-order valence-corrected chi connectivity index (χ4v) is 0. The molecule has 0 aromatic carbocycles. The molecule has 5 heteroatoms. The van der Waals surface area contributed by atoms with Gasteiger partial charge in [0.2, 0.25) is 0 Å². The van der Waals surface area contributed by atoms with Crippen LogP contribution in [0.2, 0.25) is 0 Å². The normalized spacial score (nSPS) is 3.60. The van der Waals surface area contributed by atoms with Gasteiger partial charge in [0.1, 0.15) is 0 Å². The maximum atomic E-state index is 4.26. The maximum absolute atomic E-state index is 4.26. The zero-order chi connectivity index (χ0) is 2.71. The SMILES string of the molecule is ClOCl.[H-].[H-].[Li+].[Na+]. The molecule has 0 aliphatic heterocycles. The van der Waals surface area contributed by atoms with Gasteiger partial charge in [-0.1, -0.05) is 0 Å². The summed E-state index contributed by atoms with van der Waals surface area (Å²) in [4.78, 5) is 0. The van der Waals surface area contributed by atoms with E-state index < -0.39 is 0 Å². The second-order valence-corrected chi connectivity index (χ2v) is 0.525. The Hall–Kier alpha value is 2.14. The summed E-state index contributed by atoms with van der Waals surface area (Å²) in [6, 6.07) is 0. The van der Waals surface area contributed by atoms with E-state index >= 15 is 0 Å². The van der Waals surface area contributed by atoms with Crippen molar-refractivity contribution in [3.8, 4) is 0 Å². The third-order valence-corrected chi connectivity index (χ3v) is 0. The van der Waals surface area contributed by atoms with Gasteiger partial charge in [-0.25, -0.2) is 0 Å². The van der Waals surface area contributed by atoms with Crippen molar-refractivity contribution in [1.29, 1.82) is 0 Å². The third-order valence-electron chi connectivity index (χ3n) is 0. The first-order valence-corrected chi connectivity index (χ1v) is 0.926. The van der Waals surface area contributed by atoms with Crippen LogP contribution in [0.25, 0.3) is 0 Å². The van der Waals surface area contributed by atoms with Crippen LogP contribution in [0.1, 0.15) is 2.85 Å². The van der Waals surface area contributed by atoms with Gasteiger partial charge in [-0.15, -0.1) is 0 Å². The molecule has 0 aromatic heterocycles. The molecule has 0 saturated carbocycles. The summed E-state index contributed by atoms with van der Waals surface area (Å²) >= 11 is 8.53. The number of hydrogen-bond donors (Lipinski definition) is 0. The second-order valence-electron chi connectivity index (χ2n) is 0.0583. The summed E-state index contributed by atoms with van der Waals surface area (Å²) in [5, 5.41) is 0. The van der Waals surface area contributed by atoms with Gasteiger partial charge >= 0.3 is 48.4 Å². The van der Waals surface area contributed by atoms with Crippen LogP contribution >= 0.6 is 23.7 Å². The van der Waals surface area contributed by atoms with Crippen molar-refractivity contribution in [1.82, 2.24) is 0 Å². The van der Waals surface area contributed by atoms with Gasteiger partial charge in [0, 0.05) is 0 Å². The quantitative estimate of drug-likeness (QED) is 0.292. The molecule has 24 valence electrons. The zero-order valence-corrected chi connectivity index (χ0v) is 6.68. The molecule has 0 spiro atoms. The van der Waals surface area contributed by atoms with E-state index in [9.17, 15) is 0 Å². The van der Waals surface area contributed by atoms with Crippen LogP contribution in [0.5, 0.6) is 0 Å². The van der Waals surface area contributed by atoms with Gasteiger partial charge in [-0.05, 0) is 0 Å². The van der Waals surface area contributed by atoms with Crippen molar-refractivity contribution in [2.45, 2.75) is 0 Å². The molecule has 0 fully saturated rings. The van der Waals surface area contributed by atoms with E-state index in [1.807, 2.05) is 0 Å². The first-order chi connectivity index (χ1) is 1.41.